The standard InChI is InChI=1S/C13H24N2O2.ClH/c1-3-11-9-15(8-10(2)17-11)13(16)12-6-4-5-7-14-12;/h10-12,14H,3-9H2,1-2H3;1H. The van der Waals surface area contributed by atoms with Crippen molar-refractivity contribution in [3.63, 3.8) is 0 Å². The molecule has 18 heavy (non-hydrogen) atoms. The summed E-state index contributed by atoms with van der Waals surface area (Å²) in [6, 6.07) is 0.0477. The number of hydrogen-bond acceptors (Lipinski definition) is 3. The molecule has 1 amide bonds. The van der Waals surface area contributed by atoms with Gasteiger partial charge in [-0.1, -0.05) is 13.3 Å². The van der Waals surface area contributed by atoms with E-state index < -0.39 is 0 Å². The molecular formula is C13H25ClN2O2. The van der Waals surface area contributed by atoms with E-state index in [2.05, 4.69) is 19.2 Å². The summed E-state index contributed by atoms with van der Waals surface area (Å²) in [6.07, 6.45) is 4.71. The fraction of sp³-hybridized carbons (Fsp3) is 0.923. The zero-order valence-corrected chi connectivity index (χ0v) is 12.2. The highest BCUT2D eigenvalue weighted by Gasteiger charge is 2.31. The van der Waals surface area contributed by atoms with E-state index in [0.29, 0.717) is 0 Å². The lowest BCUT2D eigenvalue weighted by Crippen LogP contribution is -2.55. The molecule has 3 unspecified atom stereocenters. The van der Waals surface area contributed by atoms with Crippen molar-refractivity contribution in [3.8, 4) is 0 Å². The molecule has 2 saturated heterocycles. The number of ether oxygens (including phenoxy) is 1. The maximum atomic E-state index is 12.4. The number of carbonyl (C=O) groups excluding carboxylic acids is 1. The van der Waals surface area contributed by atoms with Crippen molar-refractivity contribution in [1.82, 2.24) is 10.2 Å². The molecule has 0 aliphatic carbocycles. The molecule has 2 aliphatic heterocycles. The lowest BCUT2D eigenvalue weighted by atomic mass is 10.0. The van der Waals surface area contributed by atoms with Crippen molar-refractivity contribution < 1.29 is 9.53 Å². The first kappa shape index (κ1) is 15.7. The van der Waals surface area contributed by atoms with Crippen LogP contribution < -0.4 is 5.32 Å². The van der Waals surface area contributed by atoms with Gasteiger partial charge in [-0.25, -0.2) is 0 Å². The third kappa shape index (κ3) is 3.84. The maximum Gasteiger partial charge on any atom is 0.239 e. The molecule has 0 bridgehead atoms. The van der Waals surface area contributed by atoms with Gasteiger partial charge >= 0.3 is 0 Å². The van der Waals surface area contributed by atoms with Crippen LogP contribution in [0.15, 0.2) is 0 Å². The van der Waals surface area contributed by atoms with E-state index >= 15 is 0 Å². The van der Waals surface area contributed by atoms with Gasteiger partial charge in [-0.3, -0.25) is 4.79 Å². The predicted molar refractivity (Wildman–Crippen MR) is 74.1 cm³/mol. The molecule has 1 N–H and O–H groups in total. The lowest BCUT2D eigenvalue weighted by molar-refractivity contribution is -0.147. The minimum absolute atomic E-state index is 0. The third-order valence-corrected chi connectivity index (χ3v) is 3.70. The molecule has 2 heterocycles. The summed E-state index contributed by atoms with van der Waals surface area (Å²) >= 11 is 0. The Bertz CT molecular complexity index is 270. The second kappa shape index (κ2) is 7.31. The molecule has 2 fully saturated rings. The van der Waals surface area contributed by atoms with Gasteiger partial charge in [0.05, 0.1) is 18.2 Å². The molecule has 0 aromatic carbocycles. The second-order valence-electron chi connectivity index (χ2n) is 5.22. The topological polar surface area (TPSA) is 41.6 Å². The molecule has 2 rings (SSSR count). The van der Waals surface area contributed by atoms with Crippen LogP contribution in [0.25, 0.3) is 0 Å². The highest BCUT2D eigenvalue weighted by molar-refractivity contribution is 5.85. The zero-order valence-electron chi connectivity index (χ0n) is 11.4. The van der Waals surface area contributed by atoms with Gasteiger partial charge in [-0.15, -0.1) is 12.4 Å². The van der Waals surface area contributed by atoms with E-state index in [1.165, 1.54) is 12.8 Å². The SMILES string of the molecule is CCC1CN(C(=O)C2CCCCN2)CC(C)O1.Cl. The summed E-state index contributed by atoms with van der Waals surface area (Å²) in [6.45, 7) is 6.65. The van der Waals surface area contributed by atoms with Crippen molar-refractivity contribution in [3.05, 3.63) is 0 Å². The first-order valence-electron chi connectivity index (χ1n) is 6.88. The van der Waals surface area contributed by atoms with Gasteiger partial charge < -0.3 is 15.0 Å². The minimum atomic E-state index is 0. The molecular weight excluding hydrogens is 252 g/mol. The van der Waals surface area contributed by atoms with E-state index in [4.69, 9.17) is 4.74 Å². The Morgan fingerprint density at radius 3 is 2.78 bits per heavy atom. The highest BCUT2D eigenvalue weighted by atomic mass is 35.5. The van der Waals surface area contributed by atoms with Gasteiger partial charge in [0.25, 0.3) is 0 Å². The average Bonchev–Trinajstić information content (AvgIpc) is 2.38. The largest absolute Gasteiger partial charge is 0.372 e. The van der Waals surface area contributed by atoms with Crippen molar-refractivity contribution >= 4 is 18.3 Å². The average molecular weight is 277 g/mol. The number of nitrogens with one attached hydrogen (secondary N) is 1. The summed E-state index contributed by atoms with van der Waals surface area (Å²) in [5, 5.41) is 3.33. The number of hydrogen-bond donors (Lipinski definition) is 1. The first-order valence-corrected chi connectivity index (χ1v) is 6.88. The predicted octanol–water partition coefficient (Wildman–Crippen LogP) is 1.58. The van der Waals surface area contributed by atoms with Gasteiger partial charge in [0.1, 0.15) is 0 Å². The van der Waals surface area contributed by atoms with Crippen LogP contribution in [-0.4, -0.2) is 48.7 Å². The fourth-order valence-corrected chi connectivity index (χ4v) is 2.73. The van der Waals surface area contributed by atoms with Crippen LogP contribution in [0, 0.1) is 0 Å². The Hall–Kier alpha value is -0.320. The van der Waals surface area contributed by atoms with Crippen LogP contribution in [-0.2, 0) is 9.53 Å². The second-order valence-corrected chi connectivity index (χ2v) is 5.22. The zero-order chi connectivity index (χ0) is 12.3. The first-order chi connectivity index (χ1) is 8.20. The van der Waals surface area contributed by atoms with Crippen LogP contribution in [0.1, 0.15) is 39.5 Å². The number of amides is 1. The monoisotopic (exact) mass is 276 g/mol. The van der Waals surface area contributed by atoms with Crippen LogP contribution in [0.2, 0.25) is 0 Å². The quantitative estimate of drug-likeness (QED) is 0.833. The van der Waals surface area contributed by atoms with Gasteiger partial charge in [0, 0.05) is 13.1 Å². The molecule has 0 aromatic heterocycles. The molecule has 2 aliphatic rings. The molecule has 0 spiro atoms. The van der Waals surface area contributed by atoms with Crippen LogP contribution in [0.3, 0.4) is 0 Å². The maximum absolute atomic E-state index is 12.4. The summed E-state index contributed by atoms with van der Waals surface area (Å²) < 4.78 is 5.79. The molecule has 0 aromatic rings. The van der Waals surface area contributed by atoms with Gasteiger partial charge in [-0.05, 0) is 32.7 Å². The number of carbonyl (C=O) groups is 1. The molecule has 5 heteroatoms. The van der Waals surface area contributed by atoms with E-state index in [9.17, 15) is 4.79 Å². The van der Waals surface area contributed by atoms with Gasteiger partial charge in [-0.2, -0.15) is 0 Å². The van der Waals surface area contributed by atoms with E-state index in [-0.39, 0.29) is 36.6 Å². The Kier molecular flexibility index (Phi) is 6.39. The van der Waals surface area contributed by atoms with Gasteiger partial charge in [0.15, 0.2) is 0 Å². The van der Waals surface area contributed by atoms with Crippen LogP contribution in [0.5, 0.6) is 0 Å². The summed E-state index contributed by atoms with van der Waals surface area (Å²) in [5.74, 6) is 0.276. The number of piperidine rings is 1. The Morgan fingerprint density at radius 2 is 2.17 bits per heavy atom. The summed E-state index contributed by atoms with van der Waals surface area (Å²) in [5.41, 5.74) is 0. The molecule has 106 valence electrons. The third-order valence-electron chi connectivity index (χ3n) is 3.70. The Labute approximate surface area is 116 Å². The van der Waals surface area contributed by atoms with E-state index in [1.807, 2.05) is 4.90 Å². The normalized spacial score (nSPS) is 32.8. The summed E-state index contributed by atoms with van der Waals surface area (Å²) in [7, 11) is 0. The fourth-order valence-electron chi connectivity index (χ4n) is 2.73. The number of halogens is 1. The summed E-state index contributed by atoms with van der Waals surface area (Å²) in [4.78, 5) is 14.4. The Morgan fingerprint density at radius 1 is 1.39 bits per heavy atom. The molecule has 0 saturated carbocycles. The van der Waals surface area contributed by atoms with Crippen molar-refractivity contribution in [2.45, 2.75) is 57.8 Å². The number of morpholine rings is 1. The van der Waals surface area contributed by atoms with Crippen molar-refractivity contribution in [2.75, 3.05) is 19.6 Å². The lowest BCUT2D eigenvalue weighted by Gasteiger charge is -2.38. The van der Waals surface area contributed by atoms with E-state index in [0.717, 1.165) is 32.5 Å². The number of rotatable bonds is 2. The van der Waals surface area contributed by atoms with Crippen molar-refractivity contribution in [1.29, 1.82) is 0 Å². The molecule has 4 nitrogen and oxygen atoms in total. The smallest absolute Gasteiger partial charge is 0.239 e. The number of nitrogens with zero attached hydrogens (tertiary/aromatic N) is 1. The van der Waals surface area contributed by atoms with Crippen LogP contribution >= 0.6 is 12.4 Å². The minimum Gasteiger partial charge on any atom is -0.372 e. The Balaban J connectivity index is 0.00000162. The van der Waals surface area contributed by atoms with Crippen molar-refractivity contribution in [2.24, 2.45) is 0 Å². The van der Waals surface area contributed by atoms with Gasteiger partial charge in [0.2, 0.25) is 5.91 Å². The highest BCUT2D eigenvalue weighted by Crippen LogP contribution is 2.17. The van der Waals surface area contributed by atoms with E-state index in [1.54, 1.807) is 0 Å². The molecule has 0 radical (unpaired) electrons. The van der Waals surface area contributed by atoms with Crippen LogP contribution in [0.4, 0.5) is 0 Å². The molecule has 3 atom stereocenters.